The molecular weight excluding hydrogens is 354 g/mol. The molecule has 0 fully saturated rings. The number of hydrogen-bond acceptors (Lipinski definition) is 4. The van der Waals surface area contributed by atoms with Gasteiger partial charge in [0.15, 0.2) is 0 Å². The Labute approximate surface area is 163 Å². The van der Waals surface area contributed by atoms with Gasteiger partial charge < -0.3 is 9.64 Å². The van der Waals surface area contributed by atoms with Gasteiger partial charge in [-0.25, -0.2) is 4.68 Å². The number of aromatic nitrogens is 2. The van der Waals surface area contributed by atoms with Gasteiger partial charge in [-0.3, -0.25) is 9.59 Å². The van der Waals surface area contributed by atoms with Gasteiger partial charge >= 0.3 is 0 Å². The molecule has 4 rings (SSSR count). The number of ether oxygens (including phenoxy) is 1. The zero-order valence-electron chi connectivity index (χ0n) is 15.9. The highest BCUT2D eigenvalue weighted by molar-refractivity contribution is 5.95. The molecule has 1 aliphatic rings. The van der Waals surface area contributed by atoms with E-state index >= 15 is 0 Å². The molecule has 6 nitrogen and oxygen atoms in total. The van der Waals surface area contributed by atoms with Crippen molar-refractivity contribution in [3.8, 4) is 17.0 Å². The minimum absolute atomic E-state index is 0.119. The average molecular weight is 375 g/mol. The molecule has 0 N–H and O–H groups in total. The molecule has 0 atom stereocenters. The lowest BCUT2D eigenvalue weighted by Gasteiger charge is -2.30. The standard InChI is InChI=1S/C22H21N3O3/c1-15-3-6-17(7-4-15)18-8-10-21(26)25(23-18)14-22(27)24-11-12-28-20-9-5-16(2)13-19(20)24/h3-10,13H,11-12,14H2,1-2H3. The fourth-order valence-electron chi connectivity index (χ4n) is 3.24. The van der Waals surface area contributed by atoms with Crippen molar-refractivity contribution in [2.75, 3.05) is 18.1 Å². The second kappa shape index (κ2) is 7.31. The number of nitrogens with zero attached hydrogens (tertiary/aromatic N) is 3. The summed E-state index contributed by atoms with van der Waals surface area (Å²) in [5.74, 6) is 0.490. The van der Waals surface area contributed by atoms with E-state index in [1.165, 1.54) is 10.7 Å². The molecule has 0 aliphatic carbocycles. The van der Waals surface area contributed by atoms with E-state index in [-0.39, 0.29) is 18.0 Å². The highest BCUT2D eigenvalue weighted by atomic mass is 16.5. The van der Waals surface area contributed by atoms with Gasteiger partial charge in [-0.05, 0) is 37.6 Å². The third kappa shape index (κ3) is 3.53. The Morgan fingerprint density at radius 3 is 2.57 bits per heavy atom. The Hall–Kier alpha value is -3.41. The van der Waals surface area contributed by atoms with Crippen LogP contribution in [0.15, 0.2) is 59.4 Å². The van der Waals surface area contributed by atoms with Crippen LogP contribution in [0.2, 0.25) is 0 Å². The topological polar surface area (TPSA) is 64.4 Å². The first-order valence-corrected chi connectivity index (χ1v) is 9.20. The Bertz CT molecular complexity index is 1090. The van der Waals surface area contributed by atoms with Crippen LogP contribution < -0.4 is 15.2 Å². The monoisotopic (exact) mass is 375 g/mol. The molecule has 0 unspecified atom stereocenters. The predicted molar refractivity (Wildman–Crippen MR) is 108 cm³/mol. The number of rotatable bonds is 3. The molecule has 0 saturated heterocycles. The summed E-state index contributed by atoms with van der Waals surface area (Å²) >= 11 is 0. The van der Waals surface area contributed by atoms with Crippen LogP contribution in [0.5, 0.6) is 5.75 Å². The summed E-state index contributed by atoms with van der Waals surface area (Å²) < 4.78 is 6.87. The Balaban J connectivity index is 1.62. The lowest BCUT2D eigenvalue weighted by molar-refractivity contribution is -0.119. The highest BCUT2D eigenvalue weighted by Gasteiger charge is 2.24. The molecule has 1 aromatic heterocycles. The molecular formula is C22H21N3O3. The molecule has 2 heterocycles. The van der Waals surface area contributed by atoms with Gasteiger partial charge in [-0.1, -0.05) is 35.9 Å². The van der Waals surface area contributed by atoms with Crippen LogP contribution in [-0.4, -0.2) is 28.8 Å². The smallest absolute Gasteiger partial charge is 0.267 e. The van der Waals surface area contributed by atoms with E-state index in [1.54, 1.807) is 11.0 Å². The summed E-state index contributed by atoms with van der Waals surface area (Å²) in [6.07, 6.45) is 0. The molecule has 6 heteroatoms. The summed E-state index contributed by atoms with van der Waals surface area (Å²) in [6, 6.07) is 16.8. The summed E-state index contributed by atoms with van der Waals surface area (Å²) in [6.45, 7) is 4.73. The second-order valence-electron chi connectivity index (χ2n) is 6.95. The van der Waals surface area contributed by atoms with Crippen molar-refractivity contribution in [1.29, 1.82) is 0 Å². The maximum atomic E-state index is 13.0. The van der Waals surface area contributed by atoms with Crippen LogP contribution >= 0.6 is 0 Å². The van der Waals surface area contributed by atoms with Gasteiger partial charge in [0.2, 0.25) is 5.91 Å². The van der Waals surface area contributed by atoms with Crippen LogP contribution in [-0.2, 0) is 11.3 Å². The van der Waals surface area contributed by atoms with Gasteiger partial charge in [-0.2, -0.15) is 5.10 Å². The minimum atomic E-state index is -0.304. The SMILES string of the molecule is Cc1ccc(-c2ccc(=O)n(CC(=O)N3CCOc4ccc(C)cc43)n2)cc1. The highest BCUT2D eigenvalue weighted by Crippen LogP contribution is 2.32. The number of aryl methyl sites for hydroxylation is 2. The van der Waals surface area contributed by atoms with Crippen molar-refractivity contribution in [3.05, 3.63) is 76.1 Å². The van der Waals surface area contributed by atoms with Gasteiger partial charge in [0.25, 0.3) is 5.56 Å². The summed E-state index contributed by atoms with van der Waals surface area (Å²) in [4.78, 5) is 26.9. The fourth-order valence-corrected chi connectivity index (χ4v) is 3.24. The normalized spacial score (nSPS) is 13.0. The van der Waals surface area contributed by atoms with Gasteiger partial charge in [0.1, 0.15) is 18.9 Å². The number of carbonyl (C=O) groups is 1. The van der Waals surface area contributed by atoms with Crippen LogP contribution in [0.3, 0.4) is 0 Å². The van der Waals surface area contributed by atoms with Crippen LogP contribution in [0.4, 0.5) is 5.69 Å². The Morgan fingerprint density at radius 1 is 1.04 bits per heavy atom. The van der Waals surface area contributed by atoms with Crippen molar-refractivity contribution in [2.45, 2.75) is 20.4 Å². The predicted octanol–water partition coefficient (Wildman–Crippen LogP) is 2.95. The molecule has 3 aromatic rings. The van der Waals surface area contributed by atoms with Crippen molar-refractivity contribution in [2.24, 2.45) is 0 Å². The average Bonchev–Trinajstić information content (AvgIpc) is 2.69. The molecule has 1 amide bonds. The Morgan fingerprint density at radius 2 is 1.79 bits per heavy atom. The number of amides is 1. The third-order valence-electron chi connectivity index (χ3n) is 4.78. The van der Waals surface area contributed by atoms with E-state index in [0.717, 1.165) is 22.4 Å². The first kappa shape index (κ1) is 18.0. The first-order chi connectivity index (χ1) is 13.5. The van der Waals surface area contributed by atoms with E-state index in [9.17, 15) is 9.59 Å². The van der Waals surface area contributed by atoms with Crippen molar-refractivity contribution < 1.29 is 9.53 Å². The lowest BCUT2D eigenvalue weighted by atomic mass is 10.1. The zero-order valence-corrected chi connectivity index (χ0v) is 15.9. The molecule has 0 spiro atoms. The molecule has 1 aliphatic heterocycles. The quantitative estimate of drug-likeness (QED) is 0.706. The minimum Gasteiger partial charge on any atom is -0.490 e. The second-order valence-corrected chi connectivity index (χ2v) is 6.95. The van der Waals surface area contributed by atoms with E-state index < -0.39 is 0 Å². The first-order valence-electron chi connectivity index (χ1n) is 9.20. The van der Waals surface area contributed by atoms with E-state index in [2.05, 4.69) is 5.10 Å². The molecule has 2 aromatic carbocycles. The molecule has 0 radical (unpaired) electrons. The van der Waals surface area contributed by atoms with Crippen molar-refractivity contribution in [3.63, 3.8) is 0 Å². The summed E-state index contributed by atoms with van der Waals surface area (Å²) in [7, 11) is 0. The molecule has 28 heavy (non-hydrogen) atoms. The van der Waals surface area contributed by atoms with Gasteiger partial charge in [0.05, 0.1) is 17.9 Å². The maximum Gasteiger partial charge on any atom is 0.267 e. The molecule has 0 bridgehead atoms. The Kier molecular flexibility index (Phi) is 4.69. The van der Waals surface area contributed by atoms with Crippen LogP contribution in [0.1, 0.15) is 11.1 Å². The van der Waals surface area contributed by atoms with Crippen LogP contribution in [0.25, 0.3) is 11.3 Å². The molecule has 0 saturated carbocycles. The van der Waals surface area contributed by atoms with Crippen LogP contribution in [0, 0.1) is 13.8 Å². The van der Waals surface area contributed by atoms with E-state index in [0.29, 0.717) is 24.6 Å². The number of anilines is 1. The van der Waals surface area contributed by atoms with E-state index in [4.69, 9.17) is 4.74 Å². The third-order valence-corrected chi connectivity index (χ3v) is 4.78. The maximum absolute atomic E-state index is 13.0. The number of hydrogen-bond donors (Lipinski definition) is 0. The number of carbonyl (C=O) groups excluding carboxylic acids is 1. The summed E-state index contributed by atoms with van der Waals surface area (Å²) in [5, 5.41) is 4.41. The molecule has 142 valence electrons. The fraction of sp³-hybridized carbons (Fsp3) is 0.227. The van der Waals surface area contributed by atoms with Gasteiger partial charge in [0, 0.05) is 11.6 Å². The van der Waals surface area contributed by atoms with Crippen molar-refractivity contribution >= 4 is 11.6 Å². The largest absolute Gasteiger partial charge is 0.490 e. The van der Waals surface area contributed by atoms with E-state index in [1.807, 2.05) is 56.3 Å². The zero-order chi connectivity index (χ0) is 19.7. The summed E-state index contributed by atoms with van der Waals surface area (Å²) in [5.41, 5.74) is 4.18. The lowest BCUT2D eigenvalue weighted by Crippen LogP contribution is -2.41. The number of benzene rings is 2. The van der Waals surface area contributed by atoms with Gasteiger partial charge in [-0.15, -0.1) is 0 Å². The van der Waals surface area contributed by atoms with Crippen molar-refractivity contribution in [1.82, 2.24) is 9.78 Å². The number of fused-ring (bicyclic) bond motifs is 1.